The lowest BCUT2D eigenvalue weighted by Gasteiger charge is -2.24. The Bertz CT molecular complexity index is 3150. The molecule has 1 atom stereocenters. The molecule has 264 valence electrons. The lowest BCUT2D eigenvalue weighted by Crippen LogP contribution is -2.33. The Kier molecular flexibility index (Phi) is 7.49. The van der Waals surface area contributed by atoms with E-state index in [1.165, 1.54) is 43.6 Å². The van der Waals surface area contributed by atoms with Crippen molar-refractivity contribution in [1.29, 1.82) is 0 Å². The van der Waals surface area contributed by atoms with Crippen LogP contribution in [0.15, 0.2) is 210 Å². The maximum absolute atomic E-state index is 5.14. The van der Waals surface area contributed by atoms with Crippen LogP contribution in [-0.2, 0) is 0 Å². The topological polar surface area (TPSA) is 46.6 Å². The third kappa shape index (κ3) is 5.32. The van der Waals surface area contributed by atoms with Gasteiger partial charge in [-0.15, -0.1) is 0 Å². The van der Waals surface area contributed by atoms with Crippen LogP contribution in [0.4, 0.5) is 0 Å². The van der Waals surface area contributed by atoms with Crippen molar-refractivity contribution < 1.29 is 0 Å². The van der Waals surface area contributed by atoms with Gasteiger partial charge in [0.25, 0.3) is 0 Å². The van der Waals surface area contributed by atoms with Crippen LogP contribution in [-0.4, -0.2) is 20.8 Å². The van der Waals surface area contributed by atoms with Crippen molar-refractivity contribution in [3.8, 4) is 22.5 Å². The number of hydrogen-bond acceptors (Lipinski definition) is 3. The number of nitrogens with zero attached hydrogens (tertiary/aromatic N) is 4. The Labute approximate surface area is 324 Å². The predicted molar refractivity (Wildman–Crippen MR) is 232 cm³/mol. The van der Waals surface area contributed by atoms with E-state index in [0.717, 1.165) is 45.0 Å². The van der Waals surface area contributed by atoms with Crippen LogP contribution >= 0.6 is 0 Å². The highest BCUT2D eigenvalue weighted by Crippen LogP contribution is 2.40. The summed E-state index contributed by atoms with van der Waals surface area (Å²) in [6.45, 7) is 0. The number of nitrogens with one attached hydrogen (secondary N) is 1. The lowest BCUT2D eigenvalue weighted by atomic mass is 10.0. The number of hydrogen-bond donors (Lipinski definition) is 1. The standard InChI is InChI=1S/C51H35N5/c1-4-16-34(17-5-1)49-52-50(35-18-6-2-7-19-35)54-51(53-49)38-22-14-20-36(30-38)37-21-15-25-40(31-37)56-46-29-13-11-27-42(46)44-32-43-41-26-10-12-28-45(41)55(47(43)33-48(44)56)39-23-8-3-9-24-39/h1-33,51H,(H,52,53,54). The molecular formula is C51H35N5. The Morgan fingerprint density at radius 3 is 1.57 bits per heavy atom. The van der Waals surface area contributed by atoms with Crippen LogP contribution in [0.5, 0.6) is 0 Å². The monoisotopic (exact) mass is 717 g/mol. The van der Waals surface area contributed by atoms with Crippen molar-refractivity contribution in [2.24, 2.45) is 9.98 Å². The number of para-hydroxylation sites is 3. The van der Waals surface area contributed by atoms with Gasteiger partial charge in [-0.3, -0.25) is 0 Å². The summed E-state index contributed by atoms with van der Waals surface area (Å²) < 4.78 is 4.82. The molecule has 8 aromatic carbocycles. The molecule has 0 aliphatic carbocycles. The maximum Gasteiger partial charge on any atom is 0.159 e. The summed E-state index contributed by atoms with van der Waals surface area (Å²) in [6.07, 6.45) is -0.308. The van der Waals surface area contributed by atoms with Gasteiger partial charge in [-0.05, 0) is 71.3 Å². The molecule has 1 aliphatic rings. The molecule has 11 rings (SSSR count). The molecule has 0 bridgehead atoms. The van der Waals surface area contributed by atoms with Crippen molar-refractivity contribution in [1.82, 2.24) is 14.5 Å². The van der Waals surface area contributed by atoms with Gasteiger partial charge in [0.15, 0.2) is 5.84 Å². The Hall–Kier alpha value is -7.50. The number of rotatable bonds is 6. The zero-order valence-corrected chi connectivity index (χ0v) is 30.4. The first-order valence-corrected chi connectivity index (χ1v) is 19.0. The molecule has 2 aromatic heterocycles. The van der Waals surface area contributed by atoms with E-state index >= 15 is 0 Å². The molecular weight excluding hydrogens is 683 g/mol. The van der Waals surface area contributed by atoms with Crippen molar-refractivity contribution in [2.75, 3.05) is 0 Å². The van der Waals surface area contributed by atoms with Gasteiger partial charge in [0.2, 0.25) is 0 Å². The Morgan fingerprint density at radius 1 is 0.375 bits per heavy atom. The molecule has 1 N–H and O–H groups in total. The van der Waals surface area contributed by atoms with E-state index in [-0.39, 0.29) is 6.17 Å². The molecule has 0 saturated carbocycles. The minimum Gasteiger partial charge on any atom is -0.344 e. The second kappa shape index (κ2) is 13.1. The lowest BCUT2D eigenvalue weighted by molar-refractivity contribution is 0.674. The van der Waals surface area contributed by atoms with E-state index in [0.29, 0.717) is 5.84 Å². The van der Waals surface area contributed by atoms with Crippen LogP contribution in [0.25, 0.3) is 66.1 Å². The highest BCUT2D eigenvalue weighted by atomic mass is 15.2. The molecule has 5 nitrogen and oxygen atoms in total. The summed E-state index contributed by atoms with van der Waals surface area (Å²) >= 11 is 0. The molecule has 0 fully saturated rings. The molecule has 10 aromatic rings. The first kappa shape index (κ1) is 32.0. The van der Waals surface area contributed by atoms with Gasteiger partial charge in [0.05, 0.1) is 22.1 Å². The molecule has 3 heterocycles. The third-order valence-corrected chi connectivity index (χ3v) is 10.9. The van der Waals surface area contributed by atoms with Crippen LogP contribution in [0.1, 0.15) is 22.9 Å². The molecule has 56 heavy (non-hydrogen) atoms. The summed E-state index contributed by atoms with van der Waals surface area (Å²) in [4.78, 5) is 10.1. The number of benzene rings is 8. The highest BCUT2D eigenvalue weighted by Gasteiger charge is 2.22. The van der Waals surface area contributed by atoms with Gasteiger partial charge >= 0.3 is 0 Å². The van der Waals surface area contributed by atoms with E-state index in [1.807, 2.05) is 36.4 Å². The van der Waals surface area contributed by atoms with E-state index in [4.69, 9.17) is 9.98 Å². The largest absolute Gasteiger partial charge is 0.344 e. The molecule has 0 spiro atoms. The SMILES string of the molecule is c1ccc(C2=NC(c3cccc(-c4cccc(-n5c6ccccc6c6cc7c8ccccc8n(-c8ccccc8)c7cc65)c4)c3)NC(c3ccccc3)=N2)cc1. The third-order valence-electron chi connectivity index (χ3n) is 10.9. The minimum atomic E-state index is -0.308. The van der Waals surface area contributed by atoms with Crippen LogP contribution < -0.4 is 5.32 Å². The number of aliphatic imine (C=N–C) groups is 2. The summed E-state index contributed by atoms with van der Waals surface area (Å²) in [7, 11) is 0. The second-order valence-corrected chi connectivity index (χ2v) is 14.3. The summed E-state index contributed by atoms with van der Waals surface area (Å²) in [5, 5.41) is 8.61. The zero-order chi connectivity index (χ0) is 37.0. The smallest absolute Gasteiger partial charge is 0.159 e. The quantitative estimate of drug-likeness (QED) is 0.183. The fraction of sp³-hybridized carbons (Fsp3) is 0.0196. The zero-order valence-electron chi connectivity index (χ0n) is 30.4. The minimum absolute atomic E-state index is 0.308. The van der Waals surface area contributed by atoms with Crippen molar-refractivity contribution in [3.05, 3.63) is 217 Å². The average molecular weight is 718 g/mol. The molecule has 1 aliphatic heterocycles. The predicted octanol–water partition coefficient (Wildman–Crippen LogP) is 12.0. The van der Waals surface area contributed by atoms with E-state index < -0.39 is 0 Å². The van der Waals surface area contributed by atoms with Crippen LogP contribution in [0.2, 0.25) is 0 Å². The van der Waals surface area contributed by atoms with E-state index in [1.54, 1.807) is 0 Å². The first-order chi connectivity index (χ1) is 27.8. The van der Waals surface area contributed by atoms with Gasteiger partial charge < -0.3 is 14.5 Å². The maximum atomic E-state index is 5.14. The van der Waals surface area contributed by atoms with Crippen LogP contribution in [0, 0.1) is 0 Å². The molecule has 0 saturated heterocycles. The normalized spacial score (nSPS) is 14.2. The Morgan fingerprint density at radius 2 is 0.893 bits per heavy atom. The fourth-order valence-electron chi connectivity index (χ4n) is 8.36. The first-order valence-electron chi connectivity index (χ1n) is 19.0. The highest BCUT2D eigenvalue weighted by molar-refractivity contribution is 6.19. The molecule has 0 amide bonds. The summed E-state index contributed by atoms with van der Waals surface area (Å²) in [5.74, 6) is 1.52. The van der Waals surface area contributed by atoms with Gasteiger partial charge in [-0.2, -0.15) is 0 Å². The molecule has 5 heteroatoms. The van der Waals surface area contributed by atoms with Gasteiger partial charge in [-0.25, -0.2) is 9.98 Å². The average Bonchev–Trinajstić information content (AvgIpc) is 3.78. The van der Waals surface area contributed by atoms with E-state index in [2.05, 4.69) is 178 Å². The Balaban J connectivity index is 1.05. The van der Waals surface area contributed by atoms with Crippen molar-refractivity contribution in [3.63, 3.8) is 0 Å². The van der Waals surface area contributed by atoms with Gasteiger partial charge in [0, 0.05) is 44.0 Å². The summed E-state index contributed by atoms with van der Waals surface area (Å²) in [6, 6.07) is 71.1. The molecule has 1 unspecified atom stereocenters. The van der Waals surface area contributed by atoms with Gasteiger partial charge in [0.1, 0.15) is 12.0 Å². The fourth-order valence-corrected chi connectivity index (χ4v) is 8.36. The van der Waals surface area contributed by atoms with Crippen molar-refractivity contribution in [2.45, 2.75) is 6.17 Å². The van der Waals surface area contributed by atoms with E-state index in [9.17, 15) is 0 Å². The second-order valence-electron chi connectivity index (χ2n) is 14.3. The number of aromatic nitrogens is 2. The van der Waals surface area contributed by atoms with Gasteiger partial charge in [-0.1, -0.05) is 146 Å². The summed E-state index contributed by atoms with van der Waals surface area (Å²) in [5.41, 5.74) is 12.3. The van der Waals surface area contributed by atoms with Crippen molar-refractivity contribution >= 4 is 55.3 Å². The molecule has 0 radical (unpaired) electrons. The number of fused-ring (bicyclic) bond motifs is 6. The van der Waals surface area contributed by atoms with Crippen LogP contribution in [0.3, 0.4) is 0 Å². The number of amidine groups is 2.